The van der Waals surface area contributed by atoms with Crippen molar-refractivity contribution in [2.75, 3.05) is 0 Å². The fourth-order valence-electron chi connectivity index (χ4n) is 2.39. The van der Waals surface area contributed by atoms with Crippen molar-refractivity contribution in [2.45, 2.75) is 32.2 Å². The normalized spacial score (nSPS) is 22.8. The second kappa shape index (κ2) is 6.02. The number of carboxylic acid groups (broad SMARTS) is 1. The van der Waals surface area contributed by atoms with Crippen LogP contribution in [0.25, 0.3) is 6.08 Å². The lowest BCUT2D eigenvalue weighted by Crippen LogP contribution is -2.36. The van der Waals surface area contributed by atoms with Gasteiger partial charge in [-0.3, -0.25) is 4.79 Å². The molecule has 0 bridgehead atoms. The first-order valence-electron chi connectivity index (χ1n) is 6.37. The maximum absolute atomic E-state index is 12.2. The number of carbonyl (C=O) groups is 2. The maximum Gasteiger partial charge on any atom is 0.328 e. The molecule has 0 radical (unpaired) electrons. The fourth-order valence-corrected chi connectivity index (χ4v) is 3.18. The molecule has 1 aromatic rings. The van der Waals surface area contributed by atoms with Gasteiger partial charge in [-0.05, 0) is 41.8 Å². The number of aliphatic carboxylic acids is 1. The quantitative estimate of drug-likeness (QED) is 0.833. The molecule has 1 aromatic heterocycles. The predicted octanol–water partition coefficient (Wildman–Crippen LogP) is 2.76. The van der Waals surface area contributed by atoms with Crippen molar-refractivity contribution in [1.82, 2.24) is 5.32 Å². The van der Waals surface area contributed by atoms with E-state index >= 15 is 0 Å². The third-order valence-corrected chi connectivity index (χ3v) is 4.41. The van der Waals surface area contributed by atoms with Crippen LogP contribution in [0.15, 0.2) is 17.5 Å². The molecule has 1 aliphatic rings. The van der Waals surface area contributed by atoms with Gasteiger partial charge in [-0.25, -0.2) is 4.79 Å². The number of hydrogen-bond acceptors (Lipinski definition) is 3. The van der Waals surface area contributed by atoms with Gasteiger partial charge in [0.05, 0.1) is 4.88 Å². The van der Waals surface area contributed by atoms with E-state index in [1.54, 1.807) is 11.4 Å². The summed E-state index contributed by atoms with van der Waals surface area (Å²) in [5.41, 5.74) is 0.663. The average Bonchev–Trinajstić information content (AvgIpc) is 2.96. The molecule has 0 saturated heterocycles. The number of carboxylic acids is 1. The first kappa shape index (κ1) is 13.8. The van der Waals surface area contributed by atoms with Gasteiger partial charge in [-0.1, -0.05) is 13.3 Å². The Morgan fingerprint density at radius 2 is 2.26 bits per heavy atom. The van der Waals surface area contributed by atoms with Gasteiger partial charge >= 0.3 is 5.97 Å². The number of hydrogen-bond donors (Lipinski definition) is 2. The van der Waals surface area contributed by atoms with Crippen molar-refractivity contribution in [1.29, 1.82) is 0 Å². The Labute approximate surface area is 116 Å². The van der Waals surface area contributed by atoms with E-state index in [4.69, 9.17) is 5.11 Å². The Kier molecular flexibility index (Phi) is 4.37. The van der Waals surface area contributed by atoms with Gasteiger partial charge in [0.1, 0.15) is 0 Å². The van der Waals surface area contributed by atoms with E-state index in [1.807, 2.05) is 0 Å². The fraction of sp³-hybridized carbons (Fsp3) is 0.429. The van der Waals surface area contributed by atoms with Crippen LogP contribution in [0.1, 0.15) is 41.4 Å². The van der Waals surface area contributed by atoms with Crippen molar-refractivity contribution in [2.24, 2.45) is 5.92 Å². The summed E-state index contributed by atoms with van der Waals surface area (Å²) < 4.78 is 0. The summed E-state index contributed by atoms with van der Waals surface area (Å²) in [6.07, 6.45) is 5.85. The third-order valence-electron chi connectivity index (χ3n) is 3.49. The second-order valence-corrected chi connectivity index (χ2v) is 5.78. The van der Waals surface area contributed by atoms with Crippen LogP contribution in [0.2, 0.25) is 0 Å². The molecule has 2 rings (SSSR count). The molecule has 0 aromatic carbocycles. The molecular formula is C14H17NO3S. The smallest absolute Gasteiger partial charge is 0.328 e. The van der Waals surface area contributed by atoms with Crippen molar-refractivity contribution in [3.05, 3.63) is 28.0 Å². The van der Waals surface area contributed by atoms with Gasteiger partial charge in [0.2, 0.25) is 0 Å². The molecule has 4 nitrogen and oxygen atoms in total. The highest BCUT2D eigenvalue weighted by atomic mass is 32.1. The van der Waals surface area contributed by atoms with Crippen LogP contribution >= 0.6 is 11.3 Å². The summed E-state index contributed by atoms with van der Waals surface area (Å²) in [7, 11) is 0. The summed E-state index contributed by atoms with van der Waals surface area (Å²) >= 11 is 1.34. The minimum atomic E-state index is -1.01. The number of rotatable bonds is 4. The second-order valence-electron chi connectivity index (χ2n) is 4.86. The molecule has 2 N–H and O–H groups in total. The Bertz CT molecular complexity index is 507. The molecule has 2 unspecified atom stereocenters. The molecule has 1 amide bonds. The summed E-state index contributed by atoms with van der Waals surface area (Å²) in [6, 6.07) is 2.00. The summed E-state index contributed by atoms with van der Waals surface area (Å²) in [6.45, 7) is 2.15. The zero-order chi connectivity index (χ0) is 13.8. The zero-order valence-corrected chi connectivity index (χ0v) is 11.6. The monoisotopic (exact) mass is 279 g/mol. The highest BCUT2D eigenvalue weighted by Crippen LogP contribution is 2.26. The Balaban J connectivity index is 2.07. The summed E-state index contributed by atoms with van der Waals surface area (Å²) in [5, 5.41) is 13.5. The largest absolute Gasteiger partial charge is 0.478 e. The molecule has 2 atom stereocenters. The average molecular weight is 279 g/mol. The maximum atomic E-state index is 12.2. The molecule has 1 saturated carbocycles. The SMILES string of the molecule is CC1CCCC1NC(=O)c1sccc1C=CC(=O)O. The van der Waals surface area contributed by atoms with Crippen LogP contribution in [-0.4, -0.2) is 23.0 Å². The minimum absolute atomic E-state index is 0.0983. The van der Waals surface area contributed by atoms with E-state index in [0.29, 0.717) is 16.4 Å². The van der Waals surface area contributed by atoms with Gasteiger partial charge in [0.15, 0.2) is 0 Å². The van der Waals surface area contributed by atoms with Crippen molar-refractivity contribution < 1.29 is 14.7 Å². The molecule has 1 aliphatic carbocycles. The van der Waals surface area contributed by atoms with Crippen LogP contribution < -0.4 is 5.32 Å². The summed E-state index contributed by atoms with van der Waals surface area (Å²) in [4.78, 5) is 23.3. The van der Waals surface area contributed by atoms with E-state index in [1.165, 1.54) is 17.4 Å². The van der Waals surface area contributed by atoms with E-state index in [2.05, 4.69) is 12.2 Å². The first-order chi connectivity index (χ1) is 9.08. The lowest BCUT2D eigenvalue weighted by molar-refractivity contribution is -0.131. The third kappa shape index (κ3) is 3.44. The molecule has 19 heavy (non-hydrogen) atoms. The van der Waals surface area contributed by atoms with Crippen molar-refractivity contribution >= 4 is 29.3 Å². The van der Waals surface area contributed by atoms with Crippen molar-refractivity contribution in [3.63, 3.8) is 0 Å². The topological polar surface area (TPSA) is 66.4 Å². The number of amides is 1. The van der Waals surface area contributed by atoms with Gasteiger partial charge in [0, 0.05) is 12.1 Å². The Hall–Kier alpha value is -1.62. The molecular weight excluding hydrogens is 262 g/mol. The molecule has 1 fully saturated rings. The van der Waals surface area contributed by atoms with Crippen molar-refractivity contribution in [3.8, 4) is 0 Å². The molecule has 102 valence electrons. The van der Waals surface area contributed by atoms with E-state index in [-0.39, 0.29) is 11.9 Å². The molecule has 0 aliphatic heterocycles. The Morgan fingerprint density at radius 1 is 1.47 bits per heavy atom. The zero-order valence-electron chi connectivity index (χ0n) is 10.8. The van der Waals surface area contributed by atoms with Crippen LogP contribution in [0.5, 0.6) is 0 Å². The van der Waals surface area contributed by atoms with E-state index in [0.717, 1.165) is 25.3 Å². The lowest BCUT2D eigenvalue weighted by Gasteiger charge is -2.16. The van der Waals surface area contributed by atoms with Crippen LogP contribution in [-0.2, 0) is 4.79 Å². The van der Waals surface area contributed by atoms with Crippen LogP contribution in [0.4, 0.5) is 0 Å². The van der Waals surface area contributed by atoms with Gasteiger partial charge < -0.3 is 10.4 Å². The standard InChI is InChI=1S/C14H17NO3S/c1-9-3-2-4-11(9)15-14(18)13-10(7-8-19-13)5-6-12(16)17/h5-9,11H,2-4H2,1H3,(H,15,18)(H,16,17). The molecule has 1 heterocycles. The highest BCUT2D eigenvalue weighted by molar-refractivity contribution is 7.12. The summed E-state index contributed by atoms with van der Waals surface area (Å²) in [5.74, 6) is -0.595. The minimum Gasteiger partial charge on any atom is -0.478 e. The van der Waals surface area contributed by atoms with Gasteiger partial charge in [-0.2, -0.15) is 0 Å². The van der Waals surface area contributed by atoms with Crippen LogP contribution in [0, 0.1) is 5.92 Å². The highest BCUT2D eigenvalue weighted by Gasteiger charge is 2.25. The molecule has 5 heteroatoms. The first-order valence-corrected chi connectivity index (χ1v) is 7.25. The predicted molar refractivity (Wildman–Crippen MR) is 75.3 cm³/mol. The molecule has 0 spiro atoms. The van der Waals surface area contributed by atoms with E-state index < -0.39 is 5.97 Å². The van der Waals surface area contributed by atoms with Gasteiger partial charge in [0.25, 0.3) is 5.91 Å². The van der Waals surface area contributed by atoms with Gasteiger partial charge in [-0.15, -0.1) is 11.3 Å². The Morgan fingerprint density at radius 3 is 2.89 bits per heavy atom. The number of carbonyl (C=O) groups excluding carboxylic acids is 1. The number of thiophene rings is 1. The lowest BCUT2D eigenvalue weighted by atomic mass is 10.1. The van der Waals surface area contributed by atoms with Crippen LogP contribution in [0.3, 0.4) is 0 Å². The van der Waals surface area contributed by atoms with E-state index in [9.17, 15) is 9.59 Å². The number of nitrogens with one attached hydrogen (secondary N) is 1.